The molecule has 1 saturated heterocycles. The first-order chi connectivity index (χ1) is 16.7. The predicted octanol–water partition coefficient (Wildman–Crippen LogP) is 4.29. The molecule has 2 aromatic heterocycles. The Morgan fingerprint density at radius 1 is 1.11 bits per heavy atom. The standard InChI is InChI=1S/C24H20F3N5O3/c1-13-7-9-35-17-6-4-3-5-15(17)14(2)29-23-19-20(24(25,26)27)16(32-8-10-34-12-18(32)33)11-28-22(19)30-21(13)31-23/h3-6,11H,1-2,7-10,12H2,(H,28,29,30,31). The molecule has 0 aliphatic carbocycles. The average Bonchev–Trinajstić information content (AvgIpc) is 2.84. The van der Waals surface area contributed by atoms with Crippen LogP contribution in [0.15, 0.2) is 43.6 Å². The van der Waals surface area contributed by atoms with Gasteiger partial charge in [-0.05, 0) is 17.7 Å². The van der Waals surface area contributed by atoms with Gasteiger partial charge in [0.2, 0.25) is 0 Å². The third-order valence-corrected chi connectivity index (χ3v) is 5.72. The highest BCUT2D eigenvalue weighted by Crippen LogP contribution is 2.44. The number of alkyl halides is 3. The Bertz CT molecular complexity index is 1370. The number of pyridine rings is 1. The quantitative estimate of drug-likeness (QED) is 0.553. The van der Waals surface area contributed by atoms with Crippen molar-refractivity contribution in [2.75, 3.05) is 36.6 Å². The molecule has 2 aliphatic rings. The van der Waals surface area contributed by atoms with Crippen LogP contribution in [-0.4, -0.2) is 47.2 Å². The highest BCUT2D eigenvalue weighted by atomic mass is 19.4. The maximum Gasteiger partial charge on any atom is 0.419 e. The summed E-state index contributed by atoms with van der Waals surface area (Å²) < 4.78 is 54.6. The van der Waals surface area contributed by atoms with Gasteiger partial charge in [0, 0.05) is 24.2 Å². The van der Waals surface area contributed by atoms with E-state index in [2.05, 4.69) is 33.4 Å². The van der Waals surface area contributed by atoms with Gasteiger partial charge in [0.15, 0.2) is 11.5 Å². The van der Waals surface area contributed by atoms with E-state index in [1.807, 2.05) is 0 Å². The Labute approximate surface area is 198 Å². The Morgan fingerprint density at radius 3 is 2.69 bits per heavy atom. The second kappa shape index (κ2) is 8.66. The molecular formula is C24H20F3N5O3. The zero-order chi connectivity index (χ0) is 24.7. The van der Waals surface area contributed by atoms with Crippen molar-refractivity contribution in [1.29, 1.82) is 0 Å². The topological polar surface area (TPSA) is 89.5 Å². The van der Waals surface area contributed by atoms with Crippen molar-refractivity contribution in [1.82, 2.24) is 15.0 Å². The first-order valence-corrected chi connectivity index (χ1v) is 10.8. The molecule has 3 aromatic rings. The van der Waals surface area contributed by atoms with Crippen molar-refractivity contribution < 1.29 is 27.4 Å². The van der Waals surface area contributed by atoms with E-state index in [1.165, 1.54) is 0 Å². The molecule has 5 rings (SSSR count). The number of fused-ring (bicyclic) bond motifs is 5. The number of morpholine rings is 1. The SMILES string of the molecule is C=C1CCOc2ccccc2C(=C)Nc2nc1nc1ncc(N3CCOCC3=O)c(C(F)(F)F)c21. The molecular weight excluding hydrogens is 463 g/mol. The lowest BCUT2D eigenvalue weighted by Gasteiger charge is -2.29. The van der Waals surface area contributed by atoms with Crippen LogP contribution in [0.5, 0.6) is 5.75 Å². The molecule has 0 saturated carbocycles. The van der Waals surface area contributed by atoms with Crippen molar-refractivity contribution >= 4 is 39.7 Å². The van der Waals surface area contributed by atoms with E-state index in [9.17, 15) is 18.0 Å². The number of benzene rings is 1. The van der Waals surface area contributed by atoms with Gasteiger partial charge in [-0.1, -0.05) is 25.3 Å². The maximum absolute atomic E-state index is 14.6. The number of hydrogen-bond donors (Lipinski definition) is 1. The number of anilines is 2. The molecule has 2 bridgehead atoms. The van der Waals surface area contributed by atoms with E-state index in [1.54, 1.807) is 24.3 Å². The number of hydrogen-bond acceptors (Lipinski definition) is 7. The lowest BCUT2D eigenvalue weighted by molar-refractivity contribution is -0.136. The summed E-state index contributed by atoms with van der Waals surface area (Å²) in [6, 6.07) is 7.03. The molecule has 11 heteroatoms. The second-order valence-electron chi connectivity index (χ2n) is 8.01. The van der Waals surface area contributed by atoms with Crippen LogP contribution >= 0.6 is 0 Å². The highest BCUT2D eigenvalue weighted by molar-refractivity contribution is 6.02. The van der Waals surface area contributed by atoms with Crippen LogP contribution in [-0.2, 0) is 15.7 Å². The molecule has 35 heavy (non-hydrogen) atoms. The van der Waals surface area contributed by atoms with Crippen LogP contribution in [0.1, 0.15) is 23.4 Å². The molecule has 2 aliphatic heterocycles. The fourth-order valence-corrected chi connectivity index (χ4v) is 4.05. The molecule has 1 aromatic carbocycles. The summed E-state index contributed by atoms with van der Waals surface area (Å²) in [5.41, 5.74) is -0.311. The van der Waals surface area contributed by atoms with Crippen molar-refractivity contribution in [2.45, 2.75) is 12.6 Å². The average molecular weight is 483 g/mol. The molecule has 180 valence electrons. The number of amides is 1. The van der Waals surface area contributed by atoms with Crippen molar-refractivity contribution in [3.63, 3.8) is 0 Å². The van der Waals surface area contributed by atoms with Crippen LogP contribution in [0.25, 0.3) is 22.3 Å². The second-order valence-corrected chi connectivity index (χ2v) is 8.01. The Hall–Kier alpha value is -3.99. The van der Waals surface area contributed by atoms with Gasteiger partial charge in [0.05, 0.1) is 36.0 Å². The predicted molar refractivity (Wildman–Crippen MR) is 124 cm³/mol. The monoisotopic (exact) mass is 483 g/mol. The number of nitrogens with zero attached hydrogens (tertiary/aromatic N) is 4. The molecule has 1 N–H and O–H groups in total. The summed E-state index contributed by atoms with van der Waals surface area (Å²) in [6.45, 7) is 7.99. The Balaban J connectivity index is 1.77. The van der Waals surface area contributed by atoms with Crippen molar-refractivity contribution in [2.24, 2.45) is 0 Å². The number of halogens is 3. The largest absolute Gasteiger partial charge is 0.493 e. The van der Waals surface area contributed by atoms with Gasteiger partial charge in [-0.15, -0.1) is 0 Å². The highest BCUT2D eigenvalue weighted by Gasteiger charge is 2.41. The lowest BCUT2D eigenvalue weighted by atomic mass is 10.1. The minimum absolute atomic E-state index is 0.0367. The fraction of sp³-hybridized carbons (Fsp3) is 0.250. The first-order valence-electron chi connectivity index (χ1n) is 10.8. The zero-order valence-electron chi connectivity index (χ0n) is 18.5. The number of nitrogens with one attached hydrogen (secondary N) is 1. The normalized spacial score (nSPS) is 16.9. The molecule has 1 fully saturated rings. The fourth-order valence-electron chi connectivity index (χ4n) is 4.05. The van der Waals surface area contributed by atoms with E-state index in [0.29, 0.717) is 23.3 Å². The third kappa shape index (κ3) is 4.18. The maximum atomic E-state index is 14.6. The Kier molecular flexibility index (Phi) is 5.64. The number of aromatic nitrogens is 3. The molecule has 0 radical (unpaired) electrons. The van der Waals surface area contributed by atoms with E-state index < -0.39 is 17.6 Å². The van der Waals surface area contributed by atoms with Gasteiger partial charge in [-0.2, -0.15) is 13.2 Å². The third-order valence-electron chi connectivity index (χ3n) is 5.72. The summed E-state index contributed by atoms with van der Waals surface area (Å²) in [7, 11) is 0. The Morgan fingerprint density at radius 2 is 1.91 bits per heavy atom. The minimum atomic E-state index is -4.84. The number of carbonyl (C=O) groups excluding carboxylic acids is 1. The molecule has 0 unspecified atom stereocenters. The van der Waals surface area contributed by atoms with Crippen LogP contribution in [0, 0.1) is 0 Å². The van der Waals surface area contributed by atoms with Crippen LogP contribution in [0.3, 0.4) is 0 Å². The molecule has 8 nitrogen and oxygen atoms in total. The van der Waals surface area contributed by atoms with E-state index >= 15 is 0 Å². The molecule has 4 heterocycles. The van der Waals surface area contributed by atoms with E-state index in [0.717, 1.165) is 11.1 Å². The van der Waals surface area contributed by atoms with Gasteiger partial charge in [-0.3, -0.25) is 4.79 Å². The van der Waals surface area contributed by atoms with Gasteiger partial charge in [0.1, 0.15) is 18.2 Å². The summed E-state index contributed by atoms with van der Waals surface area (Å²) in [5, 5.41) is 2.55. The first kappa shape index (κ1) is 22.8. The molecule has 1 amide bonds. The zero-order valence-corrected chi connectivity index (χ0v) is 18.5. The van der Waals surface area contributed by atoms with E-state index in [-0.39, 0.29) is 60.4 Å². The van der Waals surface area contributed by atoms with Crippen molar-refractivity contribution in [3.8, 4) is 5.75 Å². The lowest BCUT2D eigenvalue weighted by Crippen LogP contribution is -2.42. The van der Waals surface area contributed by atoms with Gasteiger partial charge >= 0.3 is 6.18 Å². The van der Waals surface area contributed by atoms with E-state index in [4.69, 9.17) is 9.47 Å². The van der Waals surface area contributed by atoms with Gasteiger partial charge < -0.3 is 19.7 Å². The van der Waals surface area contributed by atoms with Crippen LogP contribution < -0.4 is 15.0 Å². The molecule has 0 atom stereocenters. The minimum Gasteiger partial charge on any atom is -0.493 e. The molecule has 0 spiro atoms. The van der Waals surface area contributed by atoms with Gasteiger partial charge in [-0.25, -0.2) is 15.0 Å². The summed E-state index contributed by atoms with van der Waals surface area (Å²) in [4.78, 5) is 26.3. The van der Waals surface area contributed by atoms with Crippen LogP contribution in [0.4, 0.5) is 24.7 Å². The number of para-hydroxylation sites is 1. The van der Waals surface area contributed by atoms with Crippen molar-refractivity contribution in [3.05, 3.63) is 60.6 Å². The van der Waals surface area contributed by atoms with Crippen LogP contribution in [0.2, 0.25) is 0 Å². The van der Waals surface area contributed by atoms with Gasteiger partial charge in [0.25, 0.3) is 5.91 Å². The summed E-state index contributed by atoms with van der Waals surface area (Å²) >= 11 is 0. The number of ether oxygens (including phenoxy) is 2. The smallest absolute Gasteiger partial charge is 0.419 e. The number of carbonyl (C=O) groups is 1. The number of rotatable bonds is 1. The summed E-state index contributed by atoms with van der Waals surface area (Å²) in [6.07, 6.45) is -3.48. The summed E-state index contributed by atoms with van der Waals surface area (Å²) in [5.74, 6) is -0.0861.